The number of aromatic nitrogens is 4. The zero-order valence-electron chi connectivity index (χ0n) is 11.5. The van der Waals surface area contributed by atoms with Crippen molar-refractivity contribution in [3.63, 3.8) is 0 Å². The second-order valence-corrected chi connectivity index (χ2v) is 5.13. The van der Waals surface area contributed by atoms with Gasteiger partial charge in [0.1, 0.15) is 10.8 Å². The number of ether oxygens (including phenoxy) is 1. The molecule has 0 fully saturated rings. The predicted molar refractivity (Wildman–Crippen MR) is 73.9 cm³/mol. The van der Waals surface area contributed by atoms with Gasteiger partial charge < -0.3 is 4.74 Å². The van der Waals surface area contributed by atoms with Crippen molar-refractivity contribution in [1.29, 1.82) is 0 Å². The van der Waals surface area contributed by atoms with Crippen molar-refractivity contribution < 1.29 is 4.74 Å². The normalized spacial score (nSPS) is 11.8. The van der Waals surface area contributed by atoms with E-state index in [9.17, 15) is 0 Å². The van der Waals surface area contributed by atoms with Crippen LogP contribution in [-0.4, -0.2) is 26.4 Å². The fourth-order valence-corrected chi connectivity index (χ4v) is 2.00. The molecule has 19 heavy (non-hydrogen) atoms. The molecule has 0 saturated heterocycles. The van der Waals surface area contributed by atoms with Crippen molar-refractivity contribution in [3.8, 4) is 11.3 Å². The Morgan fingerprint density at radius 1 is 1.37 bits per heavy atom. The molecule has 0 aromatic carbocycles. The molecule has 0 aliphatic rings. The number of rotatable bonds is 4. The second-order valence-electron chi connectivity index (χ2n) is 4.75. The monoisotopic (exact) mass is 280 g/mol. The molecule has 2 rings (SSSR count). The molecule has 0 amide bonds. The Bertz CT molecular complexity index is 580. The average molecular weight is 281 g/mol. The van der Waals surface area contributed by atoms with Crippen LogP contribution in [0, 0.1) is 0 Å². The van der Waals surface area contributed by atoms with E-state index in [1.807, 2.05) is 34.0 Å². The van der Waals surface area contributed by atoms with Crippen molar-refractivity contribution in [3.05, 3.63) is 29.4 Å². The summed E-state index contributed by atoms with van der Waals surface area (Å²) in [5.74, 6) is 0.570. The van der Waals surface area contributed by atoms with Crippen LogP contribution in [0.3, 0.4) is 0 Å². The maximum Gasteiger partial charge on any atom is 0.161 e. The van der Waals surface area contributed by atoms with E-state index in [-0.39, 0.29) is 0 Å². The summed E-state index contributed by atoms with van der Waals surface area (Å²) < 4.78 is 7.38. The van der Waals surface area contributed by atoms with Gasteiger partial charge in [0.2, 0.25) is 0 Å². The highest BCUT2D eigenvalue weighted by atomic mass is 35.5. The standard InChI is InChI=1S/C13H17ClN4O/c1-5-19-13(2,3)12-16-10(6-11(14)17-12)9-7-15-18(4)8-9/h6-8H,5H2,1-4H3. The van der Waals surface area contributed by atoms with Crippen molar-refractivity contribution >= 4 is 11.6 Å². The smallest absolute Gasteiger partial charge is 0.161 e. The highest BCUT2D eigenvalue weighted by Crippen LogP contribution is 2.26. The van der Waals surface area contributed by atoms with Gasteiger partial charge in [-0.3, -0.25) is 4.68 Å². The van der Waals surface area contributed by atoms with E-state index < -0.39 is 5.60 Å². The zero-order chi connectivity index (χ0) is 14.0. The SMILES string of the molecule is CCOC(C)(C)c1nc(Cl)cc(-c2cnn(C)c2)n1. The highest BCUT2D eigenvalue weighted by molar-refractivity contribution is 6.29. The fourth-order valence-electron chi connectivity index (χ4n) is 1.81. The Kier molecular flexibility index (Phi) is 3.87. The molecular formula is C13H17ClN4O. The first-order valence-corrected chi connectivity index (χ1v) is 6.48. The van der Waals surface area contributed by atoms with Gasteiger partial charge in [0.05, 0.1) is 11.9 Å². The molecule has 2 aromatic heterocycles. The van der Waals surface area contributed by atoms with Crippen molar-refractivity contribution in [1.82, 2.24) is 19.7 Å². The van der Waals surface area contributed by atoms with Crippen molar-refractivity contribution in [2.75, 3.05) is 6.61 Å². The van der Waals surface area contributed by atoms with Crippen LogP contribution in [0.15, 0.2) is 18.5 Å². The van der Waals surface area contributed by atoms with E-state index in [0.717, 1.165) is 11.3 Å². The van der Waals surface area contributed by atoms with Crippen molar-refractivity contribution in [2.45, 2.75) is 26.4 Å². The van der Waals surface area contributed by atoms with Gasteiger partial charge in [-0.2, -0.15) is 5.10 Å². The van der Waals surface area contributed by atoms with E-state index in [2.05, 4.69) is 15.1 Å². The van der Waals surface area contributed by atoms with Crippen LogP contribution in [0.25, 0.3) is 11.3 Å². The molecule has 0 N–H and O–H groups in total. The van der Waals surface area contributed by atoms with Gasteiger partial charge in [0.25, 0.3) is 0 Å². The molecule has 0 unspecified atom stereocenters. The van der Waals surface area contributed by atoms with Gasteiger partial charge >= 0.3 is 0 Å². The Morgan fingerprint density at radius 3 is 2.68 bits per heavy atom. The largest absolute Gasteiger partial charge is 0.368 e. The van der Waals surface area contributed by atoms with Crippen LogP contribution in [0.5, 0.6) is 0 Å². The first-order valence-electron chi connectivity index (χ1n) is 6.10. The maximum atomic E-state index is 6.08. The van der Waals surface area contributed by atoms with Crippen LogP contribution >= 0.6 is 11.6 Å². The van der Waals surface area contributed by atoms with Crippen LogP contribution in [0.4, 0.5) is 0 Å². The van der Waals surface area contributed by atoms with Crippen LogP contribution in [-0.2, 0) is 17.4 Å². The molecule has 0 aliphatic heterocycles. The molecule has 0 saturated carbocycles. The lowest BCUT2D eigenvalue weighted by Crippen LogP contribution is -2.25. The molecule has 6 heteroatoms. The van der Waals surface area contributed by atoms with Gasteiger partial charge in [-0.15, -0.1) is 0 Å². The van der Waals surface area contributed by atoms with E-state index in [1.54, 1.807) is 16.9 Å². The van der Waals surface area contributed by atoms with Gasteiger partial charge in [0.15, 0.2) is 5.82 Å². The molecule has 0 bridgehead atoms. The predicted octanol–water partition coefficient (Wildman–Crippen LogP) is 2.80. The second kappa shape index (κ2) is 5.27. The van der Waals surface area contributed by atoms with E-state index in [4.69, 9.17) is 16.3 Å². The first kappa shape index (κ1) is 14.0. The maximum absolute atomic E-state index is 6.08. The van der Waals surface area contributed by atoms with Crippen LogP contribution in [0.2, 0.25) is 5.15 Å². The summed E-state index contributed by atoms with van der Waals surface area (Å²) in [6, 6.07) is 1.73. The molecule has 0 atom stereocenters. The Labute approximate surface area is 117 Å². The first-order chi connectivity index (χ1) is 8.92. The lowest BCUT2D eigenvalue weighted by molar-refractivity contribution is -0.0207. The molecule has 0 radical (unpaired) electrons. The molecule has 102 valence electrons. The summed E-state index contributed by atoms with van der Waals surface area (Å²) in [7, 11) is 1.86. The summed E-state index contributed by atoms with van der Waals surface area (Å²) in [4.78, 5) is 8.79. The average Bonchev–Trinajstić information content (AvgIpc) is 2.75. The fraction of sp³-hybridized carbons (Fsp3) is 0.462. The molecule has 0 aliphatic carbocycles. The van der Waals surface area contributed by atoms with E-state index >= 15 is 0 Å². The third-order valence-electron chi connectivity index (χ3n) is 2.74. The molecule has 0 spiro atoms. The summed E-state index contributed by atoms with van der Waals surface area (Å²) in [5, 5.41) is 4.53. The third kappa shape index (κ3) is 3.11. The Hall–Kier alpha value is -1.46. The Balaban J connectivity index is 2.45. The van der Waals surface area contributed by atoms with E-state index in [0.29, 0.717) is 17.6 Å². The number of halogens is 1. The minimum absolute atomic E-state index is 0.400. The topological polar surface area (TPSA) is 52.8 Å². The van der Waals surface area contributed by atoms with E-state index in [1.165, 1.54) is 0 Å². The quantitative estimate of drug-likeness (QED) is 0.808. The third-order valence-corrected chi connectivity index (χ3v) is 2.93. The minimum Gasteiger partial charge on any atom is -0.368 e. The number of nitrogens with zero attached hydrogens (tertiary/aromatic N) is 4. The summed E-state index contributed by atoms with van der Waals surface area (Å²) in [5.41, 5.74) is 1.08. The van der Waals surface area contributed by atoms with Crippen LogP contribution < -0.4 is 0 Å². The van der Waals surface area contributed by atoms with Gasteiger partial charge in [0, 0.05) is 31.5 Å². The lowest BCUT2D eigenvalue weighted by Gasteiger charge is -2.23. The van der Waals surface area contributed by atoms with Crippen LogP contribution in [0.1, 0.15) is 26.6 Å². The number of hydrogen-bond acceptors (Lipinski definition) is 4. The Morgan fingerprint density at radius 2 is 2.11 bits per heavy atom. The number of hydrogen-bond donors (Lipinski definition) is 0. The zero-order valence-corrected chi connectivity index (χ0v) is 12.3. The minimum atomic E-state index is -0.573. The summed E-state index contributed by atoms with van der Waals surface area (Å²) in [6.07, 6.45) is 3.63. The molecule has 2 heterocycles. The van der Waals surface area contributed by atoms with Gasteiger partial charge in [-0.25, -0.2) is 9.97 Å². The summed E-state index contributed by atoms with van der Waals surface area (Å²) >= 11 is 6.08. The van der Waals surface area contributed by atoms with Crippen molar-refractivity contribution in [2.24, 2.45) is 7.05 Å². The lowest BCUT2D eigenvalue weighted by atomic mass is 10.1. The van der Waals surface area contributed by atoms with Gasteiger partial charge in [-0.1, -0.05) is 11.6 Å². The van der Waals surface area contributed by atoms with Gasteiger partial charge in [-0.05, 0) is 20.8 Å². The molecule has 5 nitrogen and oxygen atoms in total. The summed E-state index contributed by atoms with van der Waals surface area (Å²) in [6.45, 7) is 6.38. The molecular weight excluding hydrogens is 264 g/mol. The molecule has 2 aromatic rings. The highest BCUT2D eigenvalue weighted by Gasteiger charge is 2.25. The number of aryl methyl sites for hydroxylation is 1.